The van der Waals surface area contributed by atoms with Crippen LogP contribution in [0.4, 0.5) is 10.1 Å². The van der Waals surface area contributed by atoms with Crippen LogP contribution in [0.3, 0.4) is 0 Å². The first-order chi connectivity index (χ1) is 16.2. The Morgan fingerprint density at radius 2 is 1.88 bits per heavy atom. The minimum Gasteiger partial charge on any atom is -0.471 e. The Kier molecular flexibility index (Phi) is 6.90. The highest BCUT2D eigenvalue weighted by Crippen LogP contribution is 2.24. The van der Waals surface area contributed by atoms with Crippen LogP contribution in [-0.4, -0.2) is 25.5 Å². The first-order valence-corrected chi connectivity index (χ1v) is 11.2. The second-order valence-corrected chi connectivity index (χ2v) is 8.66. The third-order valence-corrected chi connectivity index (χ3v) is 5.90. The Morgan fingerprint density at radius 3 is 2.62 bits per heavy atom. The quantitative estimate of drug-likeness (QED) is 0.347. The lowest BCUT2D eigenvalue weighted by Crippen LogP contribution is -2.15. The van der Waals surface area contributed by atoms with Crippen LogP contribution in [-0.2, 0) is 13.3 Å². The van der Waals surface area contributed by atoms with Crippen LogP contribution in [0.25, 0.3) is 0 Å². The predicted molar refractivity (Wildman–Crippen MR) is 129 cm³/mol. The van der Waals surface area contributed by atoms with Crippen LogP contribution >= 0.6 is 23.2 Å². The van der Waals surface area contributed by atoms with Gasteiger partial charge in [-0.2, -0.15) is 10.2 Å². The lowest BCUT2D eigenvalue weighted by atomic mass is 10.2. The van der Waals surface area contributed by atoms with Crippen molar-refractivity contribution in [2.24, 2.45) is 0 Å². The van der Waals surface area contributed by atoms with Gasteiger partial charge in [0.2, 0.25) is 0 Å². The fraction of sp³-hybridized carbons (Fsp3) is 0.208. The molecule has 2 heterocycles. The molecule has 0 aliphatic rings. The molecule has 2 aromatic heterocycles. The molecule has 0 atom stereocenters. The molecule has 10 heteroatoms. The lowest BCUT2D eigenvalue weighted by molar-refractivity contribution is 0.102. The maximum absolute atomic E-state index is 13.3. The Morgan fingerprint density at radius 1 is 1.09 bits per heavy atom. The molecule has 7 nitrogen and oxygen atoms in total. The molecule has 2 aromatic carbocycles. The number of carbonyl (C=O) groups excluding carboxylic acids is 1. The molecule has 0 unspecified atom stereocenters. The SMILES string of the molecule is Cc1cc(Cl)ccc1OCn1ccc(C(=O)Nc2c(C)nn(Cc3ccc(F)cc3Cl)c2C)n1. The molecule has 0 saturated heterocycles. The van der Waals surface area contributed by atoms with E-state index >= 15 is 0 Å². The third-order valence-electron chi connectivity index (χ3n) is 5.32. The molecule has 4 aromatic rings. The average Bonchev–Trinajstić information content (AvgIpc) is 3.35. The van der Waals surface area contributed by atoms with Gasteiger partial charge in [0.05, 0.1) is 23.6 Å². The monoisotopic (exact) mass is 501 g/mol. The fourth-order valence-electron chi connectivity index (χ4n) is 3.49. The number of ether oxygens (including phenoxy) is 1. The van der Waals surface area contributed by atoms with Crippen molar-refractivity contribution in [2.75, 3.05) is 5.32 Å². The first-order valence-electron chi connectivity index (χ1n) is 10.4. The molecule has 0 spiro atoms. The van der Waals surface area contributed by atoms with E-state index < -0.39 is 5.82 Å². The summed E-state index contributed by atoms with van der Waals surface area (Å²) in [6, 6.07) is 11.2. The van der Waals surface area contributed by atoms with E-state index in [1.54, 1.807) is 42.1 Å². The number of amides is 1. The molecule has 0 aliphatic heterocycles. The van der Waals surface area contributed by atoms with Crippen molar-refractivity contribution in [3.8, 4) is 5.75 Å². The highest BCUT2D eigenvalue weighted by Gasteiger charge is 2.18. The summed E-state index contributed by atoms with van der Waals surface area (Å²) in [5.74, 6) is -0.0824. The van der Waals surface area contributed by atoms with Gasteiger partial charge in [0.1, 0.15) is 11.6 Å². The Bertz CT molecular complexity index is 1370. The lowest BCUT2D eigenvalue weighted by Gasteiger charge is -2.09. The van der Waals surface area contributed by atoms with Crippen molar-refractivity contribution in [1.82, 2.24) is 19.6 Å². The zero-order valence-electron chi connectivity index (χ0n) is 18.8. The van der Waals surface area contributed by atoms with E-state index in [0.29, 0.717) is 33.7 Å². The van der Waals surface area contributed by atoms with Crippen LogP contribution in [0.2, 0.25) is 10.0 Å². The topological polar surface area (TPSA) is 74.0 Å². The van der Waals surface area contributed by atoms with E-state index in [9.17, 15) is 9.18 Å². The molecule has 4 rings (SSSR count). The molecular weight excluding hydrogens is 480 g/mol. The van der Waals surface area contributed by atoms with Gasteiger partial charge in [-0.05, 0) is 68.3 Å². The van der Waals surface area contributed by atoms with Crippen molar-refractivity contribution in [1.29, 1.82) is 0 Å². The molecule has 34 heavy (non-hydrogen) atoms. The van der Waals surface area contributed by atoms with Gasteiger partial charge >= 0.3 is 0 Å². The number of carbonyl (C=O) groups is 1. The molecule has 0 fully saturated rings. The van der Waals surface area contributed by atoms with E-state index in [1.165, 1.54) is 16.8 Å². The smallest absolute Gasteiger partial charge is 0.276 e. The summed E-state index contributed by atoms with van der Waals surface area (Å²) in [4.78, 5) is 12.8. The number of nitrogens with one attached hydrogen (secondary N) is 1. The summed E-state index contributed by atoms with van der Waals surface area (Å²) in [5, 5.41) is 12.6. The minimum absolute atomic E-state index is 0.143. The fourth-order valence-corrected chi connectivity index (χ4v) is 3.94. The van der Waals surface area contributed by atoms with Crippen molar-refractivity contribution in [3.05, 3.63) is 92.7 Å². The van der Waals surface area contributed by atoms with Crippen LogP contribution < -0.4 is 10.1 Å². The van der Waals surface area contributed by atoms with E-state index in [1.807, 2.05) is 19.9 Å². The summed E-state index contributed by atoms with van der Waals surface area (Å²) in [7, 11) is 0. The van der Waals surface area contributed by atoms with Crippen LogP contribution in [0.1, 0.15) is 33.0 Å². The van der Waals surface area contributed by atoms with E-state index in [-0.39, 0.29) is 18.3 Å². The molecule has 176 valence electrons. The van der Waals surface area contributed by atoms with Gasteiger partial charge in [-0.25, -0.2) is 9.07 Å². The predicted octanol–water partition coefficient (Wildman–Crippen LogP) is 5.79. The molecule has 0 bridgehead atoms. The zero-order chi connectivity index (χ0) is 24.4. The van der Waals surface area contributed by atoms with Gasteiger partial charge in [-0.3, -0.25) is 9.48 Å². The summed E-state index contributed by atoms with van der Waals surface area (Å²) in [6.45, 7) is 6.03. The molecule has 1 N–H and O–H groups in total. The molecular formula is C24H22Cl2FN5O2. The maximum Gasteiger partial charge on any atom is 0.276 e. The Labute approximate surface area is 206 Å². The second-order valence-electron chi connectivity index (χ2n) is 7.82. The number of aromatic nitrogens is 4. The van der Waals surface area contributed by atoms with E-state index in [2.05, 4.69) is 15.5 Å². The highest BCUT2D eigenvalue weighted by molar-refractivity contribution is 6.31. The molecule has 1 amide bonds. The summed E-state index contributed by atoms with van der Waals surface area (Å²) >= 11 is 12.1. The van der Waals surface area contributed by atoms with Gasteiger partial charge < -0.3 is 10.1 Å². The number of anilines is 1. The van der Waals surface area contributed by atoms with Gasteiger partial charge in [0, 0.05) is 16.2 Å². The van der Waals surface area contributed by atoms with Crippen LogP contribution in [0.15, 0.2) is 48.7 Å². The number of hydrogen-bond donors (Lipinski definition) is 1. The second kappa shape index (κ2) is 9.87. The Hall–Kier alpha value is -3.36. The standard InChI is InChI=1S/C24H22Cl2FN5O2/c1-14-10-18(25)5-7-22(14)34-13-31-9-8-21(30-31)24(33)28-23-15(2)29-32(16(23)3)12-17-4-6-19(27)11-20(17)26/h4-11H,12-13H2,1-3H3,(H,28,33). The number of rotatable bonds is 7. The van der Waals surface area contributed by atoms with Crippen molar-refractivity contribution >= 4 is 34.8 Å². The molecule has 0 saturated carbocycles. The van der Waals surface area contributed by atoms with Gasteiger partial charge in [-0.1, -0.05) is 29.3 Å². The van der Waals surface area contributed by atoms with Gasteiger partial charge in [0.15, 0.2) is 12.4 Å². The van der Waals surface area contributed by atoms with E-state index in [0.717, 1.165) is 16.8 Å². The van der Waals surface area contributed by atoms with Crippen molar-refractivity contribution in [3.63, 3.8) is 0 Å². The van der Waals surface area contributed by atoms with Gasteiger partial charge in [-0.15, -0.1) is 0 Å². The minimum atomic E-state index is -0.400. The third kappa shape index (κ3) is 5.24. The summed E-state index contributed by atoms with van der Waals surface area (Å²) in [5.41, 5.74) is 3.84. The number of halogens is 3. The number of nitrogens with zero attached hydrogens (tertiary/aromatic N) is 4. The average molecular weight is 502 g/mol. The Balaban J connectivity index is 1.43. The first kappa shape index (κ1) is 23.8. The van der Waals surface area contributed by atoms with Crippen molar-refractivity contribution < 1.29 is 13.9 Å². The zero-order valence-corrected chi connectivity index (χ0v) is 20.3. The molecule has 0 aliphatic carbocycles. The van der Waals surface area contributed by atoms with Crippen LogP contribution in [0.5, 0.6) is 5.75 Å². The number of aryl methyl sites for hydroxylation is 2. The summed E-state index contributed by atoms with van der Waals surface area (Å²) < 4.78 is 22.3. The van der Waals surface area contributed by atoms with Gasteiger partial charge in [0.25, 0.3) is 5.91 Å². The number of hydrogen-bond acceptors (Lipinski definition) is 4. The summed E-state index contributed by atoms with van der Waals surface area (Å²) in [6.07, 6.45) is 1.67. The number of benzene rings is 2. The normalized spacial score (nSPS) is 11.0. The largest absolute Gasteiger partial charge is 0.471 e. The van der Waals surface area contributed by atoms with Crippen molar-refractivity contribution in [2.45, 2.75) is 34.0 Å². The molecule has 0 radical (unpaired) electrons. The maximum atomic E-state index is 13.3. The van der Waals surface area contributed by atoms with E-state index in [4.69, 9.17) is 27.9 Å². The highest BCUT2D eigenvalue weighted by atomic mass is 35.5. The van der Waals surface area contributed by atoms with Crippen LogP contribution in [0, 0.1) is 26.6 Å².